The number of hydrogen-bond acceptors (Lipinski definition) is 7. The number of ether oxygens (including phenoxy) is 3. The van der Waals surface area contributed by atoms with Crippen LogP contribution in [0, 0.1) is 24.1 Å². The molecule has 1 aliphatic heterocycles. The summed E-state index contributed by atoms with van der Waals surface area (Å²) in [5, 5.41) is 10.3. The molecule has 1 aliphatic rings. The quantitative estimate of drug-likeness (QED) is 0.285. The summed E-state index contributed by atoms with van der Waals surface area (Å²) in [6.07, 6.45) is 0. The molecule has 7 nitrogen and oxygen atoms in total. The minimum absolute atomic E-state index is 0.0241. The number of allylic oxidation sites excluding steroid dienone is 1. The molecule has 4 aromatic rings. The molecule has 2 heterocycles. The smallest absolute Gasteiger partial charge is 0.379 e. The Morgan fingerprint density at radius 3 is 2.72 bits per heavy atom. The molecule has 2 N–H and O–H groups in total. The van der Waals surface area contributed by atoms with Crippen LogP contribution in [0.15, 0.2) is 76.5 Å². The van der Waals surface area contributed by atoms with Gasteiger partial charge in [0.1, 0.15) is 40.3 Å². The van der Waals surface area contributed by atoms with Gasteiger partial charge >= 0.3 is 5.97 Å². The van der Waals surface area contributed by atoms with Gasteiger partial charge in [0.05, 0.1) is 12.5 Å². The van der Waals surface area contributed by atoms with Crippen molar-refractivity contribution in [3.63, 3.8) is 0 Å². The monoisotopic (exact) mass is 484 g/mol. The number of carbonyl (C=O) groups is 1. The zero-order valence-electron chi connectivity index (χ0n) is 19.5. The molecule has 1 atom stereocenters. The lowest BCUT2D eigenvalue weighted by atomic mass is 9.83. The molecule has 0 fully saturated rings. The normalized spacial score (nSPS) is 14.7. The van der Waals surface area contributed by atoms with E-state index in [1.54, 1.807) is 19.1 Å². The molecule has 0 aliphatic carbocycles. The molecular formula is C28H21FN2O5. The summed E-state index contributed by atoms with van der Waals surface area (Å²) >= 11 is 0. The van der Waals surface area contributed by atoms with Gasteiger partial charge in [0.2, 0.25) is 11.6 Å². The predicted molar refractivity (Wildman–Crippen MR) is 129 cm³/mol. The average molecular weight is 484 g/mol. The van der Waals surface area contributed by atoms with Crippen molar-refractivity contribution in [2.75, 3.05) is 6.61 Å². The van der Waals surface area contributed by atoms with E-state index in [9.17, 15) is 14.4 Å². The van der Waals surface area contributed by atoms with Crippen LogP contribution in [0.4, 0.5) is 4.39 Å². The number of carbonyl (C=O) groups excluding carboxylic acids is 1. The molecule has 0 amide bonds. The van der Waals surface area contributed by atoms with Crippen molar-refractivity contribution in [1.29, 1.82) is 5.26 Å². The molecule has 0 spiro atoms. The van der Waals surface area contributed by atoms with Gasteiger partial charge in [0, 0.05) is 28.1 Å². The number of furan rings is 1. The van der Waals surface area contributed by atoms with E-state index >= 15 is 0 Å². The fourth-order valence-corrected chi connectivity index (χ4v) is 4.37. The number of para-hydroxylation sites is 1. The van der Waals surface area contributed by atoms with E-state index in [1.165, 1.54) is 24.3 Å². The van der Waals surface area contributed by atoms with Gasteiger partial charge in [0.25, 0.3) is 0 Å². The Hall–Kier alpha value is -4.77. The van der Waals surface area contributed by atoms with Gasteiger partial charge in [-0.1, -0.05) is 24.3 Å². The fourth-order valence-electron chi connectivity index (χ4n) is 4.37. The third kappa shape index (κ3) is 3.91. The fraction of sp³-hybridized carbons (Fsp3) is 0.143. The Bertz CT molecular complexity index is 1580. The van der Waals surface area contributed by atoms with E-state index < -0.39 is 17.7 Å². The van der Waals surface area contributed by atoms with Crippen molar-refractivity contribution < 1.29 is 27.8 Å². The number of nitriles is 1. The molecule has 0 bridgehead atoms. The van der Waals surface area contributed by atoms with Crippen LogP contribution in [0.25, 0.3) is 11.0 Å². The van der Waals surface area contributed by atoms with Crippen LogP contribution in [-0.4, -0.2) is 12.6 Å². The van der Waals surface area contributed by atoms with Gasteiger partial charge in [-0.3, -0.25) is 0 Å². The van der Waals surface area contributed by atoms with Crippen LogP contribution in [0.2, 0.25) is 0 Å². The van der Waals surface area contributed by atoms with Gasteiger partial charge in [-0.05, 0) is 44.2 Å². The molecule has 1 unspecified atom stereocenters. The van der Waals surface area contributed by atoms with Crippen molar-refractivity contribution in [1.82, 2.24) is 0 Å². The van der Waals surface area contributed by atoms with E-state index in [1.807, 2.05) is 31.2 Å². The van der Waals surface area contributed by atoms with Crippen molar-refractivity contribution in [3.05, 3.63) is 100 Å². The van der Waals surface area contributed by atoms with Crippen molar-refractivity contribution in [2.24, 2.45) is 5.73 Å². The summed E-state index contributed by atoms with van der Waals surface area (Å²) in [5.41, 5.74) is 8.66. The largest absolute Gasteiger partial charge is 0.494 e. The molecular weight excluding hydrogens is 463 g/mol. The SMILES string of the molecule is CCOc1ccccc1C1C(C#N)=C(N)Oc2cc(OC(=O)c3oc4ccc(F)cc4c3C)ccc21. The first kappa shape index (κ1) is 23.0. The summed E-state index contributed by atoms with van der Waals surface area (Å²) in [5.74, 6) is -0.597. The maximum absolute atomic E-state index is 13.6. The lowest BCUT2D eigenvalue weighted by Gasteiger charge is -2.27. The van der Waals surface area contributed by atoms with Crippen LogP contribution in [0.5, 0.6) is 17.2 Å². The molecule has 0 radical (unpaired) electrons. The highest BCUT2D eigenvalue weighted by Crippen LogP contribution is 2.46. The molecule has 180 valence electrons. The number of nitrogens with two attached hydrogens (primary N) is 1. The van der Waals surface area contributed by atoms with Gasteiger partial charge in [-0.25, -0.2) is 9.18 Å². The Balaban J connectivity index is 1.51. The number of esters is 1. The molecule has 0 saturated carbocycles. The molecule has 5 rings (SSSR count). The Kier molecular flexibility index (Phi) is 5.82. The number of rotatable bonds is 5. The highest BCUT2D eigenvalue weighted by molar-refractivity contribution is 5.96. The first-order chi connectivity index (χ1) is 17.4. The van der Waals surface area contributed by atoms with Crippen LogP contribution in [0.1, 0.15) is 40.1 Å². The Labute approximate surface area is 206 Å². The highest BCUT2D eigenvalue weighted by atomic mass is 19.1. The summed E-state index contributed by atoms with van der Waals surface area (Å²) in [6.45, 7) is 4.00. The summed E-state index contributed by atoms with van der Waals surface area (Å²) in [7, 11) is 0. The van der Waals surface area contributed by atoms with Gasteiger partial charge < -0.3 is 24.4 Å². The number of hydrogen-bond donors (Lipinski definition) is 1. The lowest BCUT2D eigenvalue weighted by molar-refractivity contribution is 0.0702. The summed E-state index contributed by atoms with van der Waals surface area (Å²) < 4.78 is 36.3. The van der Waals surface area contributed by atoms with Crippen LogP contribution in [-0.2, 0) is 0 Å². The third-order valence-electron chi connectivity index (χ3n) is 6.01. The second kappa shape index (κ2) is 9.12. The minimum atomic E-state index is -0.737. The zero-order chi connectivity index (χ0) is 25.4. The van der Waals surface area contributed by atoms with Crippen molar-refractivity contribution in [3.8, 4) is 23.3 Å². The van der Waals surface area contributed by atoms with Gasteiger partial charge in [0.15, 0.2) is 0 Å². The van der Waals surface area contributed by atoms with E-state index in [4.69, 9.17) is 24.4 Å². The van der Waals surface area contributed by atoms with Crippen LogP contribution >= 0.6 is 0 Å². The number of fused-ring (bicyclic) bond motifs is 2. The third-order valence-corrected chi connectivity index (χ3v) is 6.01. The average Bonchev–Trinajstić information content (AvgIpc) is 3.19. The summed E-state index contributed by atoms with van der Waals surface area (Å²) in [6, 6.07) is 18.4. The Morgan fingerprint density at radius 1 is 1.14 bits per heavy atom. The molecule has 0 saturated heterocycles. The van der Waals surface area contributed by atoms with E-state index in [0.29, 0.717) is 40.2 Å². The number of nitrogens with zero attached hydrogens (tertiary/aromatic N) is 1. The van der Waals surface area contributed by atoms with Crippen molar-refractivity contribution >= 4 is 16.9 Å². The molecule has 1 aromatic heterocycles. The highest BCUT2D eigenvalue weighted by Gasteiger charge is 2.33. The Morgan fingerprint density at radius 2 is 1.94 bits per heavy atom. The van der Waals surface area contributed by atoms with E-state index in [0.717, 1.165) is 5.56 Å². The molecule has 36 heavy (non-hydrogen) atoms. The van der Waals surface area contributed by atoms with E-state index in [-0.39, 0.29) is 23.0 Å². The van der Waals surface area contributed by atoms with Gasteiger partial charge in [-0.15, -0.1) is 0 Å². The second-order valence-corrected chi connectivity index (χ2v) is 8.18. The maximum atomic E-state index is 13.6. The van der Waals surface area contributed by atoms with Gasteiger partial charge in [-0.2, -0.15) is 5.26 Å². The van der Waals surface area contributed by atoms with Crippen LogP contribution < -0.4 is 19.9 Å². The van der Waals surface area contributed by atoms with E-state index in [2.05, 4.69) is 6.07 Å². The predicted octanol–water partition coefficient (Wildman–Crippen LogP) is 5.72. The molecule has 3 aromatic carbocycles. The maximum Gasteiger partial charge on any atom is 0.379 e. The molecule has 8 heteroatoms. The zero-order valence-corrected chi connectivity index (χ0v) is 19.5. The van der Waals surface area contributed by atoms with Crippen molar-refractivity contribution in [2.45, 2.75) is 19.8 Å². The first-order valence-electron chi connectivity index (χ1n) is 11.2. The summed E-state index contributed by atoms with van der Waals surface area (Å²) in [4.78, 5) is 12.9. The number of benzene rings is 3. The first-order valence-corrected chi connectivity index (χ1v) is 11.2. The lowest BCUT2D eigenvalue weighted by Crippen LogP contribution is -2.21. The second-order valence-electron chi connectivity index (χ2n) is 8.18. The topological polar surface area (TPSA) is 108 Å². The number of halogens is 1. The minimum Gasteiger partial charge on any atom is -0.494 e. The van der Waals surface area contributed by atoms with Crippen LogP contribution in [0.3, 0.4) is 0 Å². The number of aryl methyl sites for hydroxylation is 1. The standard InChI is InChI=1S/C28H21FN2O5/c1-3-33-22-7-5-4-6-18(22)25-19-10-9-17(13-24(19)36-27(31)21(25)14-30)34-28(32)26-15(2)20-12-16(29)8-11-23(20)35-26/h4-13,25H,3,31H2,1-2H3.